The number of hydrogen-bond donors (Lipinski definition) is 1. The molecule has 0 aromatic heterocycles. The quantitative estimate of drug-likeness (QED) is 0.864. The first-order valence-corrected chi connectivity index (χ1v) is 5.88. The summed E-state index contributed by atoms with van der Waals surface area (Å²) in [5, 5.41) is 2.84. The van der Waals surface area contributed by atoms with Crippen molar-refractivity contribution in [3.63, 3.8) is 0 Å². The number of nitrogens with zero attached hydrogens (tertiary/aromatic N) is 1. The van der Waals surface area contributed by atoms with Crippen LogP contribution in [0.15, 0.2) is 30.3 Å². The van der Waals surface area contributed by atoms with Crippen LogP contribution < -0.4 is 5.32 Å². The molecule has 17 heavy (non-hydrogen) atoms. The molecule has 1 heterocycles. The first-order valence-electron chi connectivity index (χ1n) is 5.88. The summed E-state index contributed by atoms with van der Waals surface area (Å²) in [5.74, 6) is 0. The van der Waals surface area contributed by atoms with Gasteiger partial charge in [-0.3, -0.25) is 4.90 Å². The van der Waals surface area contributed by atoms with Crippen LogP contribution in [0.4, 0.5) is 4.79 Å². The van der Waals surface area contributed by atoms with Gasteiger partial charge in [0.1, 0.15) is 0 Å². The molecule has 1 aliphatic heterocycles. The molecule has 1 fully saturated rings. The summed E-state index contributed by atoms with van der Waals surface area (Å²) in [4.78, 5) is 13.4. The minimum atomic E-state index is -0.337. The summed E-state index contributed by atoms with van der Waals surface area (Å²) >= 11 is 0. The predicted octanol–water partition coefficient (Wildman–Crippen LogP) is 1.62. The molecule has 0 aliphatic carbocycles. The summed E-state index contributed by atoms with van der Waals surface area (Å²) < 4.78 is 4.60. The number of rotatable bonds is 3. The SMILES string of the molecule is COC(=O)NC1CCN(Cc2ccccc2)C1. The van der Waals surface area contributed by atoms with Gasteiger partial charge in [-0.15, -0.1) is 0 Å². The van der Waals surface area contributed by atoms with Crippen LogP contribution in [0.3, 0.4) is 0 Å². The molecular formula is C13H18N2O2. The molecule has 2 rings (SSSR count). The zero-order valence-corrected chi connectivity index (χ0v) is 10.1. The van der Waals surface area contributed by atoms with E-state index in [1.54, 1.807) is 0 Å². The molecule has 4 nitrogen and oxygen atoms in total. The van der Waals surface area contributed by atoms with Crippen molar-refractivity contribution in [2.24, 2.45) is 0 Å². The van der Waals surface area contributed by atoms with Crippen LogP contribution in [-0.2, 0) is 11.3 Å². The maximum Gasteiger partial charge on any atom is 0.407 e. The van der Waals surface area contributed by atoms with Crippen molar-refractivity contribution in [1.29, 1.82) is 0 Å². The van der Waals surface area contributed by atoms with Gasteiger partial charge >= 0.3 is 6.09 Å². The second-order valence-corrected chi connectivity index (χ2v) is 4.34. The molecule has 1 atom stereocenters. The zero-order chi connectivity index (χ0) is 12.1. The van der Waals surface area contributed by atoms with Gasteiger partial charge < -0.3 is 10.1 Å². The van der Waals surface area contributed by atoms with Crippen LogP contribution in [0, 0.1) is 0 Å². The molecule has 1 aromatic carbocycles. The minimum absolute atomic E-state index is 0.214. The van der Waals surface area contributed by atoms with E-state index in [2.05, 4.69) is 39.2 Å². The van der Waals surface area contributed by atoms with E-state index >= 15 is 0 Å². The molecule has 1 amide bonds. The molecule has 1 saturated heterocycles. The number of methoxy groups -OCH3 is 1. The average Bonchev–Trinajstić information content (AvgIpc) is 2.77. The van der Waals surface area contributed by atoms with Crippen LogP contribution in [0.2, 0.25) is 0 Å². The van der Waals surface area contributed by atoms with E-state index in [0.29, 0.717) is 0 Å². The normalized spacial score (nSPS) is 20.2. The van der Waals surface area contributed by atoms with Gasteiger partial charge in [0.15, 0.2) is 0 Å². The van der Waals surface area contributed by atoms with Gasteiger partial charge in [-0.25, -0.2) is 4.79 Å². The third-order valence-electron chi connectivity index (χ3n) is 3.03. The number of carbonyl (C=O) groups is 1. The molecular weight excluding hydrogens is 216 g/mol. The van der Waals surface area contributed by atoms with Crippen molar-refractivity contribution in [1.82, 2.24) is 10.2 Å². The number of benzene rings is 1. The highest BCUT2D eigenvalue weighted by molar-refractivity contribution is 5.67. The highest BCUT2D eigenvalue weighted by atomic mass is 16.5. The Labute approximate surface area is 102 Å². The second kappa shape index (κ2) is 5.68. The highest BCUT2D eigenvalue weighted by Crippen LogP contribution is 2.13. The van der Waals surface area contributed by atoms with Crippen LogP contribution in [-0.4, -0.2) is 37.2 Å². The Morgan fingerprint density at radius 1 is 1.47 bits per heavy atom. The largest absolute Gasteiger partial charge is 0.453 e. The summed E-state index contributed by atoms with van der Waals surface area (Å²) in [6, 6.07) is 10.6. The van der Waals surface area contributed by atoms with Gasteiger partial charge in [0.2, 0.25) is 0 Å². The molecule has 92 valence electrons. The molecule has 1 aromatic rings. The van der Waals surface area contributed by atoms with Crippen LogP contribution in [0.25, 0.3) is 0 Å². The van der Waals surface area contributed by atoms with Crippen molar-refractivity contribution < 1.29 is 9.53 Å². The van der Waals surface area contributed by atoms with Gasteiger partial charge in [0.05, 0.1) is 7.11 Å². The molecule has 1 aliphatic rings. The standard InChI is InChI=1S/C13H18N2O2/c1-17-13(16)14-12-7-8-15(10-12)9-11-5-3-2-4-6-11/h2-6,12H,7-10H2,1H3,(H,14,16). The van der Waals surface area contributed by atoms with Crippen molar-refractivity contribution in [2.75, 3.05) is 20.2 Å². The van der Waals surface area contributed by atoms with E-state index in [1.165, 1.54) is 12.7 Å². The maximum atomic E-state index is 11.1. The Hall–Kier alpha value is -1.55. The Balaban J connectivity index is 1.80. The first kappa shape index (κ1) is 11.9. The van der Waals surface area contributed by atoms with Crippen molar-refractivity contribution >= 4 is 6.09 Å². The molecule has 0 saturated carbocycles. The second-order valence-electron chi connectivity index (χ2n) is 4.34. The fourth-order valence-electron chi connectivity index (χ4n) is 2.16. The van der Waals surface area contributed by atoms with Crippen molar-refractivity contribution in [3.8, 4) is 0 Å². The first-order chi connectivity index (χ1) is 8.28. The van der Waals surface area contributed by atoms with Crippen LogP contribution in [0.5, 0.6) is 0 Å². The highest BCUT2D eigenvalue weighted by Gasteiger charge is 2.23. The fraction of sp³-hybridized carbons (Fsp3) is 0.462. The third-order valence-corrected chi connectivity index (χ3v) is 3.03. The number of amides is 1. The van der Waals surface area contributed by atoms with Crippen LogP contribution >= 0.6 is 0 Å². The van der Waals surface area contributed by atoms with Gasteiger partial charge in [0.25, 0.3) is 0 Å². The Morgan fingerprint density at radius 2 is 2.24 bits per heavy atom. The Bertz CT molecular complexity index is 367. The topological polar surface area (TPSA) is 41.6 Å². The van der Waals surface area contributed by atoms with Gasteiger partial charge in [0, 0.05) is 25.7 Å². The van der Waals surface area contributed by atoms with Gasteiger partial charge in [-0.05, 0) is 12.0 Å². The zero-order valence-electron chi connectivity index (χ0n) is 10.1. The lowest BCUT2D eigenvalue weighted by Crippen LogP contribution is -2.36. The number of nitrogens with one attached hydrogen (secondary N) is 1. The number of hydrogen-bond acceptors (Lipinski definition) is 3. The average molecular weight is 234 g/mol. The summed E-state index contributed by atoms with van der Waals surface area (Å²) in [6.45, 7) is 2.85. The molecule has 1 unspecified atom stereocenters. The van der Waals surface area contributed by atoms with E-state index < -0.39 is 0 Å². The predicted molar refractivity (Wildman–Crippen MR) is 65.7 cm³/mol. The lowest BCUT2D eigenvalue weighted by Gasteiger charge is -2.16. The van der Waals surface area contributed by atoms with Crippen LogP contribution in [0.1, 0.15) is 12.0 Å². The fourth-order valence-corrected chi connectivity index (χ4v) is 2.16. The molecule has 1 N–H and O–H groups in total. The van der Waals surface area contributed by atoms with E-state index in [4.69, 9.17) is 0 Å². The number of alkyl carbamates (subject to hydrolysis) is 1. The van der Waals surface area contributed by atoms with Crippen molar-refractivity contribution in [2.45, 2.75) is 19.0 Å². The summed E-state index contributed by atoms with van der Waals surface area (Å²) in [7, 11) is 1.39. The lowest BCUT2D eigenvalue weighted by atomic mass is 10.2. The molecule has 4 heteroatoms. The van der Waals surface area contributed by atoms with Gasteiger partial charge in [-0.2, -0.15) is 0 Å². The molecule has 0 radical (unpaired) electrons. The summed E-state index contributed by atoms with van der Waals surface area (Å²) in [5.41, 5.74) is 1.31. The third kappa shape index (κ3) is 3.46. The Kier molecular flexibility index (Phi) is 3.98. The number of carbonyl (C=O) groups excluding carboxylic acids is 1. The van der Waals surface area contributed by atoms with E-state index in [0.717, 1.165) is 26.1 Å². The minimum Gasteiger partial charge on any atom is -0.453 e. The summed E-state index contributed by atoms with van der Waals surface area (Å²) in [6.07, 6.45) is 0.652. The monoisotopic (exact) mass is 234 g/mol. The van der Waals surface area contributed by atoms with E-state index in [9.17, 15) is 4.79 Å². The van der Waals surface area contributed by atoms with E-state index in [1.807, 2.05) is 6.07 Å². The smallest absolute Gasteiger partial charge is 0.407 e. The molecule has 0 bridgehead atoms. The van der Waals surface area contributed by atoms with Crippen molar-refractivity contribution in [3.05, 3.63) is 35.9 Å². The Morgan fingerprint density at radius 3 is 2.94 bits per heavy atom. The molecule has 0 spiro atoms. The number of ether oxygens (including phenoxy) is 1. The lowest BCUT2D eigenvalue weighted by molar-refractivity contribution is 0.166. The number of likely N-dealkylation sites (tertiary alicyclic amines) is 1. The van der Waals surface area contributed by atoms with E-state index in [-0.39, 0.29) is 12.1 Å². The maximum absolute atomic E-state index is 11.1. The van der Waals surface area contributed by atoms with Gasteiger partial charge in [-0.1, -0.05) is 30.3 Å².